The summed E-state index contributed by atoms with van der Waals surface area (Å²) in [4.78, 5) is 5.55. The molecule has 1 N–H and O–H groups in total. The third-order valence-corrected chi connectivity index (χ3v) is 3.72. The van der Waals surface area contributed by atoms with Crippen LogP contribution in [0.4, 0.5) is 0 Å². The van der Waals surface area contributed by atoms with Gasteiger partial charge in [0.2, 0.25) is 0 Å². The second-order valence-electron chi connectivity index (χ2n) is 3.72. The summed E-state index contributed by atoms with van der Waals surface area (Å²) in [5.74, 6) is 1.04. The van der Waals surface area contributed by atoms with E-state index in [9.17, 15) is 5.11 Å². The largest absolute Gasteiger partial charge is 0.506 e. The van der Waals surface area contributed by atoms with Crippen LogP contribution in [-0.4, -0.2) is 14.5 Å². The summed E-state index contributed by atoms with van der Waals surface area (Å²) < 4.78 is 1.83. The quantitative estimate of drug-likeness (QED) is 0.771. The zero-order valence-electron chi connectivity index (χ0n) is 8.80. The average Bonchev–Trinajstić information content (AvgIpc) is 2.89. The van der Waals surface area contributed by atoms with Crippen molar-refractivity contribution in [2.24, 2.45) is 0 Å². The topological polar surface area (TPSA) is 37.5 Å². The molecule has 3 heterocycles. The minimum atomic E-state index is 0.207. The van der Waals surface area contributed by atoms with Crippen LogP contribution in [0, 0.1) is 0 Å². The van der Waals surface area contributed by atoms with Crippen molar-refractivity contribution in [2.45, 2.75) is 6.42 Å². The van der Waals surface area contributed by atoms with Crippen LogP contribution >= 0.6 is 22.9 Å². The molecule has 0 aliphatic rings. The smallest absolute Gasteiger partial charge is 0.155 e. The third kappa shape index (κ3) is 1.90. The van der Waals surface area contributed by atoms with Gasteiger partial charge in [-0.2, -0.15) is 0 Å². The first-order valence-electron chi connectivity index (χ1n) is 5.12. The Morgan fingerprint density at radius 1 is 1.35 bits per heavy atom. The Morgan fingerprint density at radius 2 is 2.24 bits per heavy atom. The van der Waals surface area contributed by atoms with Crippen molar-refractivity contribution in [3.63, 3.8) is 0 Å². The summed E-state index contributed by atoms with van der Waals surface area (Å²) in [5.41, 5.74) is 0.816. The number of fused-ring (bicyclic) bond motifs is 1. The van der Waals surface area contributed by atoms with Crippen molar-refractivity contribution >= 4 is 28.5 Å². The van der Waals surface area contributed by atoms with Gasteiger partial charge in [0.25, 0.3) is 0 Å². The highest BCUT2D eigenvalue weighted by atomic mass is 35.5. The lowest BCUT2D eigenvalue weighted by Gasteiger charge is -2.00. The number of imidazole rings is 1. The van der Waals surface area contributed by atoms with E-state index in [0.717, 1.165) is 17.8 Å². The molecule has 86 valence electrons. The van der Waals surface area contributed by atoms with Gasteiger partial charge < -0.3 is 5.11 Å². The van der Waals surface area contributed by atoms with Crippen molar-refractivity contribution in [1.29, 1.82) is 0 Å². The molecule has 3 aromatic heterocycles. The Kier molecular flexibility index (Phi) is 2.53. The highest BCUT2D eigenvalue weighted by molar-refractivity contribution is 7.09. The third-order valence-electron chi connectivity index (χ3n) is 2.56. The molecule has 0 saturated heterocycles. The van der Waals surface area contributed by atoms with Crippen LogP contribution in [0.3, 0.4) is 0 Å². The number of aromatic hydroxyl groups is 1. The van der Waals surface area contributed by atoms with Gasteiger partial charge in [0.05, 0.1) is 11.7 Å². The maximum Gasteiger partial charge on any atom is 0.155 e. The van der Waals surface area contributed by atoms with Gasteiger partial charge in [-0.1, -0.05) is 17.7 Å². The van der Waals surface area contributed by atoms with E-state index in [4.69, 9.17) is 11.6 Å². The van der Waals surface area contributed by atoms with Gasteiger partial charge >= 0.3 is 0 Å². The number of pyridine rings is 1. The predicted octanol–water partition coefficient (Wildman–Crippen LogP) is 3.35. The first kappa shape index (κ1) is 10.6. The van der Waals surface area contributed by atoms with Crippen molar-refractivity contribution in [3.05, 3.63) is 51.7 Å². The Bertz CT molecular complexity index is 661. The summed E-state index contributed by atoms with van der Waals surface area (Å²) >= 11 is 7.74. The maximum absolute atomic E-state index is 9.50. The summed E-state index contributed by atoms with van der Waals surface area (Å²) in [6.07, 6.45) is 2.35. The minimum absolute atomic E-state index is 0.207. The number of rotatable bonds is 2. The molecule has 3 rings (SSSR count). The van der Waals surface area contributed by atoms with Crippen LogP contribution < -0.4 is 0 Å². The molecule has 0 amide bonds. The van der Waals surface area contributed by atoms with E-state index in [0.29, 0.717) is 5.15 Å². The molecular formula is C12H9ClN2OS. The van der Waals surface area contributed by atoms with Crippen LogP contribution in [0.2, 0.25) is 5.15 Å². The fraction of sp³-hybridized carbons (Fsp3) is 0.0833. The number of hydrogen-bond donors (Lipinski definition) is 1. The van der Waals surface area contributed by atoms with Gasteiger partial charge in [-0.25, -0.2) is 4.98 Å². The molecular weight excluding hydrogens is 256 g/mol. The van der Waals surface area contributed by atoms with Crippen molar-refractivity contribution < 1.29 is 5.11 Å². The van der Waals surface area contributed by atoms with E-state index in [1.807, 2.05) is 15.8 Å². The Labute approximate surface area is 107 Å². The zero-order chi connectivity index (χ0) is 11.8. The molecule has 0 aromatic carbocycles. The van der Waals surface area contributed by atoms with E-state index in [2.05, 4.69) is 11.1 Å². The number of thiophene rings is 1. The van der Waals surface area contributed by atoms with Gasteiger partial charge in [0, 0.05) is 11.3 Å². The second-order valence-corrected chi connectivity index (χ2v) is 5.11. The molecule has 0 spiro atoms. The average molecular weight is 265 g/mol. The molecule has 3 aromatic rings. The number of aromatic nitrogens is 2. The normalized spacial score (nSPS) is 11.1. The van der Waals surface area contributed by atoms with Gasteiger partial charge in [-0.3, -0.25) is 4.40 Å². The lowest BCUT2D eigenvalue weighted by molar-refractivity contribution is 0.471. The molecule has 0 unspecified atom stereocenters. The maximum atomic E-state index is 9.50. The molecule has 0 atom stereocenters. The zero-order valence-corrected chi connectivity index (χ0v) is 10.4. The molecule has 0 radical (unpaired) electrons. The van der Waals surface area contributed by atoms with Gasteiger partial charge in [-0.15, -0.1) is 11.3 Å². The van der Waals surface area contributed by atoms with Crippen LogP contribution in [-0.2, 0) is 6.42 Å². The molecule has 0 saturated carbocycles. The molecule has 3 nitrogen and oxygen atoms in total. The molecule has 5 heteroatoms. The monoisotopic (exact) mass is 264 g/mol. The summed E-state index contributed by atoms with van der Waals surface area (Å²) in [5, 5.41) is 12.0. The Hall–Kier alpha value is -1.52. The molecule has 0 aliphatic heterocycles. The van der Waals surface area contributed by atoms with E-state index in [-0.39, 0.29) is 5.75 Å². The van der Waals surface area contributed by atoms with E-state index >= 15 is 0 Å². The Morgan fingerprint density at radius 3 is 3.00 bits per heavy atom. The highest BCUT2D eigenvalue weighted by Crippen LogP contribution is 2.23. The summed E-state index contributed by atoms with van der Waals surface area (Å²) in [6.45, 7) is 0. The van der Waals surface area contributed by atoms with Crippen molar-refractivity contribution in [1.82, 2.24) is 9.38 Å². The highest BCUT2D eigenvalue weighted by Gasteiger charge is 2.10. The lowest BCUT2D eigenvalue weighted by atomic mass is 10.3. The number of halogens is 1. The first-order chi connectivity index (χ1) is 8.24. The van der Waals surface area contributed by atoms with Crippen LogP contribution in [0.25, 0.3) is 5.52 Å². The van der Waals surface area contributed by atoms with E-state index in [1.165, 1.54) is 4.88 Å². The SMILES string of the molecule is Oc1ccc2c(Cl)nc(Cc3cccs3)n2c1. The van der Waals surface area contributed by atoms with E-state index < -0.39 is 0 Å². The number of hydrogen-bond acceptors (Lipinski definition) is 3. The molecule has 0 fully saturated rings. The summed E-state index contributed by atoms with van der Waals surface area (Å²) in [6, 6.07) is 7.44. The lowest BCUT2D eigenvalue weighted by Crippen LogP contribution is -1.94. The van der Waals surface area contributed by atoms with Crippen molar-refractivity contribution in [3.8, 4) is 5.75 Å². The van der Waals surface area contributed by atoms with Crippen molar-refractivity contribution in [2.75, 3.05) is 0 Å². The first-order valence-corrected chi connectivity index (χ1v) is 6.37. The van der Waals surface area contributed by atoms with Gasteiger partial charge in [0.1, 0.15) is 11.6 Å². The summed E-state index contributed by atoms with van der Waals surface area (Å²) in [7, 11) is 0. The fourth-order valence-corrected chi connectivity index (χ4v) is 2.74. The second kappa shape index (κ2) is 4.05. The molecule has 0 aliphatic carbocycles. The minimum Gasteiger partial charge on any atom is -0.506 e. The molecule has 17 heavy (non-hydrogen) atoms. The predicted molar refractivity (Wildman–Crippen MR) is 69.0 cm³/mol. The Balaban J connectivity index is 2.13. The molecule has 0 bridgehead atoms. The van der Waals surface area contributed by atoms with Crippen LogP contribution in [0.5, 0.6) is 5.75 Å². The fourth-order valence-electron chi connectivity index (χ4n) is 1.79. The van der Waals surface area contributed by atoms with Gasteiger partial charge in [0.15, 0.2) is 5.15 Å². The van der Waals surface area contributed by atoms with Crippen LogP contribution in [0.15, 0.2) is 35.8 Å². The van der Waals surface area contributed by atoms with E-state index in [1.54, 1.807) is 29.7 Å². The van der Waals surface area contributed by atoms with Crippen LogP contribution in [0.1, 0.15) is 10.7 Å². The number of nitrogens with zero attached hydrogens (tertiary/aromatic N) is 2. The standard InChI is InChI=1S/C12H9ClN2OS/c13-12-10-4-3-8(16)7-15(10)11(14-12)6-9-2-1-5-17-9/h1-5,7,16H,6H2. The van der Waals surface area contributed by atoms with Gasteiger partial charge in [-0.05, 0) is 23.6 Å².